The normalized spacial score (nSPS) is 10.9. The van der Waals surface area contributed by atoms with E-state index in [0.717, 1.165) is 6.07 Å². The van der Waals surface area contributed by atoms with E-state index in [9.17, 15) is 8.42 Å². The Kier molecular flexibility index (Phi) is 3.92. The molecule has 0 fully saturated rings. The molecule has 1 rings (SSSR count). The number of hydrogen-bond acceptors (Lipinski definition) is 3. The summed E-state index contributed by atoms with van der Waals surface area (Å²) >= 11 is 11.6. The molecule has 0 saturated carbocycles. The van der Waals surface area contributed by atoms with Crippen molar-refractivity contribution < 1.29 is 17.7 Å². The van der Waals surface area contributed by atoms with Crippen molar-refractivity contribution in [3.05, 3.63) is 15.4 Å². The van der Waals surface area contributed by atoms with Crippen LogP contribution < -0.4 is 0 Å². The molecule has 0 aliphatic carbocycles. The van der Waals surface area contributed by atoms with E-state index in [1.807, 2.05) is 0 Å². The van der Waals surface area contributed by atoms with Gasteiger partial charge in [0.25, 0.3) is 0 Å². The second-order valence-corrected chi connectivity index (χ2v) is 5.37. The lowest BCUT2D eigenvalue weighted by Crippen LogP contribution is -1.93. The second-order valence-electron chi connectivity index (χ2n) is 1.66. The van der Waals surface area contributed by atoms with Crippen LogP contribution in [0.1, 0.15) is 0 Å². The largest absolute Gasteiger partial charge is 0.304 e. The number of rotatable bonds is 1. The molecule has 0 radical (unpaired) electrons. The maximum Gasteiger partial charge on any atom is 0.304 e. The molecule has 0 aliphatic rings. The van der Waals surface area contributed by atoms with Gasteiger partial charge in [0.05, 0.1) is 5.02 Å². The smallest absolute Gasteiger partial charge is 0.281 e. The van der Waals surface area contributed by atoms with Crippen molar-refractivity contribution in [2.45, 2.75) is 4.21 Å². The highest BCUT2D eigenvalue weighted by Crippen LogP contribution is 2.33. The summed E-state index contributed by atoms with van der Waals surface area (Å²) in [5.74, 6) is 0. The van der Waals surface area contributed by atoms with Gasteiger partial charge in [-0.15, -0.1) is 11.3 Å². The van der Waals surface area contributed by atoms with Gasteiger partial charge >= 0.3 is 10.1 Å². The fourth-order valence-electron chi connectivity index (χ4n) is 0.454. The van der Waals surface area contributed by atoms with Crippen molar-refractivity contribution in [1.29, 1.82) is 0 Å². The number of hydrogen-bond donors (Lipinski definition) is 1. The second kappa shape index (κ2) is 3.89. The molecule has 0 aromatic carbocycles. The van der Waals surface area contributed by atoms with Crippen LogP contribution in [0.3, 0.4) is 0 Å². The van der Waals surface area contributed by atoms with Crippen LogP contribution in [0.4, 0.5) is 4.70 Å². The Morgan fingerprint density at radius 1 is 1.42 bits per heavy atom. The van der Waals surface area contributed by atoms with Gasteiger partial charge in [-0.3, -0.25) is 9.26 Å². The van der Waals surface area contributed by atoms with E-state index in [1.165, 1.54) is 0 Å². The zero-order valence-electron chi connectivity index (χ0n) is 5.32. The third kappa shape index (κ3) is 2.56. The molecule has 1 aromatic rings. The van der Waals surface area contributed by atoms with Crippen LogP contribution >= 0.6 is 34.5 Å². The molecule has 1 heterocycles. The van der Waals surface area contributed by atoms with Crippen molar-refractivity contribution >= 4 is 44.7 Å². The molecule has 0 amide bonds. The van der Waals surface area contributed by atoms with Crippen LogP contribution in [0.15, 0.2) is 10.3 Å². The molecule has 8 heteroatoms. The van der Waals surface area contributed by atoms with Gasteiger partial charge in [0.1, 0.15) is 8.55 Å². The molecule has 0 aliphatic heterocycles. The van der Waals surface area contributed by atoms with Crippen molar-refractivity contribution in [3.63, 3.8) is 0 Å². The predicted octanol–water partition coefficient (Wildman–Crippen LogP) is 2.45. The topological polar surface area (TPSA) is 54.4 Å². The van der Waals surface area contributed by atoms with Crippen molar-refractivity contribution in [2.75, 3.05) is 0 Å². The standard InChI is InChI=1S/C4H2Cl2O3S2.FH/c5-2-1-3(10-4(2)6)11(7,8)9;/h1H,(H,7,8,9);1H. The molecule has 0 bridgehead atoms. The van der Waals surface area contributed by atoms with E-state index in [1.54, 1.807) is 0 Å². The zero-order chi connectivity index (χ0) is 8.65. The molecule has 0 atom stereocenters. The first-order valence-electron chi connectivity index (χ1n) is 2.33. The van der Waals surface area contributed by atoms with Crippen LogP contribution in [-0.4, -0.2) is 13.0 Å². The summed E-state index contributed by atoms with van der Waals surface area (Å²) in [7, 11) is -4.15. The summed E-state index contributed by atoms with van der Waals surface area (Å²) in [5, 5.41) is 0.129. The molecular weight excluding hydrogens is 250 g/mol. The van der Waals surface area contributed by atoms with Crippen LogP contribution in [0.25, 0.3) is 0 Å². The monoisotopic (exact) mass is 252 g/mol. The Bertz CT molecular complexity index is 352. The minimum atomic E-state index is -4.15. The molecule has 3 nitrogen and oxygen atoms in total. The lowest BCUT2D eigenvalue weighted by Gasteiger charge is -1.85. The molecule has 12 heavy (non-hydrogen) atoms. The Hall–Kier alpha value is 0.120. The van der Waals surface area contributed by atoms with Gasteiger partial charge in [-0.2, -0.15) is 8.42 Å². The van der Waals surface area contributed by atoms with Gasteiger partial charge in [0.2, 0.25) is 0 Å². The molecule has 0 unspecified atom stereocenters. The van der Waals surface area contributed by atoms with E-state index < -0.39 is 10.1 Å². The lowest BCUT2D eigenvalue weighted by atomic mass is 10.7. The first-order valence-corrected chi connectivity index (χ1v) is 5.35. The van der Waals surface area contributed by atoms with Gasteiger partial charge in [0, 0.05) is 0 Å². The van der Waals surface area contributed by atoms with E-state index in [0.29, 0.717) is 11.3 Å². The highest BCUT2D eigenvalue weighted by molar-refractivity contribution is 7.88. The summed E-state index contributed by atoms with van der Waals surface area (Å²) in [6.45, 7) is 0. The minimum Gasteiger partial charge on any atom is -0.281 e. The Morgan fingerprint density at radius 3 is 2.08 bits per heavy atom. The maximum absolute atomic E-state index is 10.4. The van der Waals surface area contributed by atoms with Gasteiger partial charge in [-0.1, -0.05) is 23.2 Å². The first-order chi connectivity index (χ1) is 4.91. The SMILES string of the molecule is F.O=S(=O)(O)c1cc(Cl)c(Cl)s1. The average molecular weight is 253 g/mol. The number of halogens is 3. The summed E-state index contributed by atoms with van der Waals surface area (Å²) in [4.78, 5) is 0. The fourth-order valence-corrected chi connectivity index (χ4v) is 2.70. The molecule has 1 N–H and O–H groups in total. The fraction of sp³-hybridized carbons (Fsp3) is 0. The van der Waals surface area contributed by atoms with E-state index in [4.69, 9.17) is 27.8 Å². The zero-order valence-corrected chi connectivity index (χ0v) is 8.47. The van der Waals surface area contributed by atoms with Crippen molar-refractivity contribution in [2.24, 2.45) is 0 Å². The molecule has 0 spiro atoms. The molecule has 1 aromatic heterocycles. The summed E-state index contributed by atoms with van der Waals surface area (Å²) in [5.41, 5.74) is 0. The summed E-state index contributed by atoms with van der Waals surface area (Å²) in [6.07, 6.45) is 0. The summed E-state index contributed by atoms with van der Waals surface area (Å²) in [6, 6.07) is 1.10. The summed E-state index contributed by atoms with van der Waals surface area (Å²) < 4.78 is 29.3. The third-order valence-corrected chi connectivity index (χ3v) is 4.05. The van der Waals surface area contributed by atoms with E-state index in [-0.39, 0.29) is 18.3 Å². The highest BCUT2D eigenvalue weighted by atomic mass is 35.5. The van der Waals surface area contributed by atoms with Crippen LogP contribution in [0.2, 0.25) is 9.36 Å². The molecule has 0 saturated heterocycles. The number of thiophene rings is 1. The lowest BCUT2D eigenvalue weighted by molar-refractivity contribution is 0.485. The van der Waals surface area contributed by atoms with Crippen LogP contribution in [0, 0.1) is 0 Å². The van der Waals surface area contributed by atoms with Crippen LogP contribution in [-0.2, 0) is 10.1 Å². The molecular formula is C4H3Cl2FO3S2. The van der Waals surface area contributed by atoms with E-state index >= 15 is 0 Å². The van der Waals surface area contributed by atoms with Gasteiger partial charge in [0.15, 0.2) is 0 Å². The maximum atomic E-state index is 10.4. The minimum absolute atomic E-state index is 0. The third-order valence-electron chi connectivity index (χ3n) is 0.877. The first kappa shape index (κ1) is 12.1. The van der Waals surface area contributed by atoms with Crippen molar-refractivity contribution in [3.8, 4) is 0 Å². The average Bonchev–Trinajstić information content (AvgIpc) is 2.11. The van der Waals surface area contributed by atoms with Crippen molar-refractivity contribution in [1.82, 2.24) is 0 Å². The Balaban J connectivity index is 0.00000121. The van der Waals surface area contributed by atoms with Crippen LogP contribution in [0.5, 0.6) is 0 Å². The highest BCUT2D eigenvalue weighted by Gasteiger charge is 2.15. The molecule has 70 valence electrons. The quantitative estimate of drug-likeness (QED) is 0.782. The van der Waals surface area contributed by atoms with Gasteiger partial charge < -0.3 is 0 Å². The Morgan fingerprint density at radius 2 is 1.92 bits per heavy atom. The van der Waals surface area contributed by atoms with Gasteiger partial charge in [-0.25, -0.2) is 0 Å². The Labute approximate surface area is 82.0 Å². The van der Waals surface area contributed by atoms with Gasteiger partial charge in [-0.05, 0) is 6.07 Å². The predicted molar refractivity (Wildman–Crippen MR) is 46.7 cm³/mol. The van der Waals surface area contributed by atoms with E-state index in [2.05, 4.69) is 0 Å².